The van der Waals surface area contributed by atoms with Crippen LogP contribution in [0.5, 0.6) is 5.75 Å². The van der Waals surface area contributed by atoms with Crippen LogP contribution in [0.3, 0.4) is 0 Å². The SMILES string of the molecule is O=C(COc1ccc(-c2ncn[nH]2)cc1)N1CCN(Cc2ccc(Cl)cc2)CC1. The van der Waals surface area contributed by atoms with E-state index in [4.69, 9.17) is 16.3 Å². The summed E-state index contributed by atoms with van der Waals surface area (Å²) in [6.07, 6.45) is 1.47. The van der Waals surface area contributed by atoms with Gasteiger partial charge in [0.2, 0.25) is 0 Å². The summed E-state index contributed by atoms with van der Waals surface area (Å²) in [5.41, 5.74) is 2.14. The van der Waals surface area contributed by atoms with Crippen LogP contribution in [-0.4, -0.2) is 63.7 Å². The van der Waals surface area contributed by atoms with Gasteiger partial charge in [0.25, 0.3) is 5.91 Å². The number of carbonyl (C=O) groups excluding carboxylic acids is 1. The molecule has 1 N–H and O–H groups in total. The second-order valence-corrected chi connectivity index (χ2v) is 7.37. The average Bonchev–Trinajstić information content (AvgIpc) is 3.29. The van der Waals surface area contributed by atoms with E-state index in [1.54, 1.807) is 0 Å². The maximum absolute atomic E-state index is 12.5. The van der Waals surface area contributed by atoms with Gasteiger partial charge in [0.15, 0.2) is 12.4 Å². The maximum Gasteiger partial charge on any atom is 0.260 e. The van der Waals surface area contributed by atoms with Crippen molar-refractivity contribution in [2.45, 2.75) is 6.54 Å². The second-order valence-electron chi connectivity index (χ2n) is 6.93. The summed E-state index contributed by atoms with van der Waals surface area (Å²) in [4.78, 5) is 20.8. The molecule has 1 amide bonds. The standard InChI is InChI=1S/C21H22ClN5O2/c22-18-5-1-16(2-6-18)13-26-9-11-27(12-10-26)20(28)14-29-19-7-3-17(4-8-19)21-23-15-24-25-21/h1-8,15H,9-14H2,(H,23,24,25). The highest BCUT2D eigenvalue weighted by molar-refractivity contribution is 6.30. The van der Waals surface area contributed by atoms with Gasteiger partial charge in [-0.05, 0) is 42.0 Å². The zero-order chi connectivity index (χ0) is 20.1. The monoisotopic (exact) mass is 411 g/mol. The largest absolute Gasteiger partial charge is 0.484 e. The van der Waals surface area contributed by atoms with E-state index in [1.165, 1.54) is 11.9 Å². The number of H-pyrrole nitrogens is 1. The van der Waals surface area contributed by atoms with Crippen molar-refractivity contribution in [3.8, 4) is 17.1 Å². The number of carbonyl (C=O) groups is 1. The van der Waals surface area contributed by atoms with Crippen molar-refractivity contribution in [3.63, 3.8) is 0 Å². The number of piperazine rings is 1. The van der Waals surface area contributed by atoms with E-state index in [1.807, 2.05) is 53.4 Å². The van der Waals surface area contributed by atoms with E-state index < -0.39 is 0 Å². The van der Waals surface area contributed by atoms with Gasteiger partial charge in [0.1, 0.15) is 12.1 Å². The van der Waals surface area contributed by atoms with Crippen molar-refractivity contribution in [3.05, 3.63) is 65.4 Å². The number of benzene rings is 2. The molecule has 1 aliphatic heterocycles. The molecule has 2 aromatic carbocycles. The molecule has 1 aromatic heterocycles. The minimum absolute atomic E-state index is 0.00968. The maximum atomic E-state index is 12.5. The number of hydrogen-bond donors (Lipinski definition) is 1. The van der Waals surface area contributed by atoms with Gasteiger partial charge in [-0.1, -0.05) is 23.7 Å². The van der Waals surface area contributed by atoms with Crippen LogP contribution in [0.4, 0.5) is 0 Å². The van der Waals surface area contributed by atoms with Crippen LogP contribution >= 0.6 is 11.6 Å². The summed E-state index contributed by atoms with van der Waals surface area (Å²) in [6, 6.07) is 15.3. The smallest absolute Gasteiger partial charge is 0.260 e. The van der Waals surface area contributed by atoms with Crippen molar-refractivity contribution in [2.75, 3.05) is 32.8 Å². The third-order valence-electron chi connectivity index (χ3n) is 4.95. The van der Waals surface area contributed by atoms with Crippen molar-refractivity contribution in [2.24, 2.45) is 0 Å². The first-order valence-electron chi connectivity index (χ1n) is 9.50. The molecule has 0 radical (unpaired) electrons. The molecule has 0 aliphatic carbocycles. The first-order valence-corrected chi connectivity index (χ1v) is 9.88. The van der Waals surface area contributed by atoms with E-state index in [-0.39, 0.29) is 12.5 Å². The molecule has 0 bridgehead atoms. The molecule has 8 heteroatoms. The highest BCUT2D eigenvalue weighted by atomic mass is 35.5. The van der Waals surface area contributed by atoms with Crippen molar-refractivity contribution in [1.29, 1.82) is 0 Å². The molecule has 0 unspecified atom stereocenters. The Kier molecular flexibility index (Phi) is 6.07. The zero-order valence-electron chi connectivity index (χ0n) is 15.9. The summed E-state index contributed by atoms with van der Waals surface area (Å²) < 4.78 is 5.66. The van der Waals surface area contributed by atoms with Crippen molar-refractivity contribution < 1.29 is 9.53 Å². The van der Waals surface area contributed by atoms with Gasteiger partial charge in [0, 0.05) is 43.3 Å². The Morgan fingerprint density at radius 1 is 1.03 bits per heavy atom. The van der Waals surface area contributed by atoms with Crippen LogP contribution in [0.2, 0.25) is 5.02 Å². The molecule has 0 saturated carbocycles. The third kappa shape index (κ3) is 5.13. The number of aromatic nitrogens is 3. The second kappa shape index (κ2) is 9.07. The van der Waals surface area contributed by atoms with Gasteiger partial charge < -0.3 is 9.64 Å². The minimum Gasteiger partial charge on any atom is -0.484 e. The molecule has 1 fully saturated rings. The Bertz CT molecular complexity index is 921. The Labute approximate surface area is 174 Å². The summed E-state index contributed by atoms with van der Waals surface area (Å²) in [7, 11) is 0. The Hall–Kier alpha value is -2.90. The highest BCUT2D eigenvalue weighted by Crippen LogP contribution is 2.19. The molecular weight excluding hydrogens is 390 g/mol. The number of hydrogen-bond acceptors (Lipinski definition) is 5. The molecule has 1 aliphatic rings. The van der Waals surface area contributed by atoms with E-state index in [0.717, 1.165) is 30.2 Å². The Balaban J connectivity index is 1.22. The molecule has 0 atom stereocenters. The number of amides is 1. The molecule has 4 rings (SSSR count). The first kappa shape index (κ1) is 19.4. The molecule has 7 nitrogen and oxygen atoms in total. The number of halogens is 1. The molecule has 1 saturated heterocycles. The third-order valence-corrected chi connectivity index (χ3v) is 5.20. The van der Waals surface area contributed by atoms with Crippen LogP contribution in [-0.2, 0) is 11.3 Å². The van der Waals surface area contributed by atoms with Gasteiger partial charge in [-0.2, -0.15) is 5.10 Å². The van der Waals surface area contributed by atoms with E-state index >= 15 is 0 Å². The van der Waals surface area contributed by atoms with E-state index in [0.29, 0.717) is 24.7 Å². The Morgan fingerprint density at radius 2 is 1.76 bits per heavy atom. The lowest BCUT2D eigenvalue weighted by atomic mass is 10.2. The molecule has 29 heavy (non-hydrogen) atoms. The van der Waals surface area contributed by atoms with Crippen molar-refractivity contribution >= 4 is 17.5 Å². The Morgan fingerprint density at radius 3 is 2.41 bits per heavy atom. The summed E-state index contributed by atoms with van der Waals surface area (Å²) in [5.74, 6) is 1.36. The molecular formula is C21H22ClN5O2. The lowest BCUT2D eigenvalue weighted by molar-refractivity contribution is -0.135. The van der Waals surface area contributed by atoms with Crippen LogP contribution in [0.15, 0.2) is 54.9 Å². The van der Waals surface area contributed by atoms with Crippen LogP contribution in [0.1, 0.15) is 5.56 Å². The fraction of sp³-hybridized carbons (Fsp3) is 0.286. The number of rotatable bonds is 6. The van der Waals surface area contributed by atoms with Gasteiger partial charge >= 0.3 is 0 Å². The number of nitrogens with zero attached hydrogens (tertiary/aromatic N) is 4. The normalized spacial score (nSPS) is 14.7. The van der Waals surface area contributed by atoms with Crippen LogP contribution < -0.4 is 4.74 Å². The quantitative estimate of drug-likeness (QED) is 0.675. The zero-order valence-corrected chi connectivity index (χ0v) is 16.7. The highest BCUT2D eigenvalue weighted by Gasteiger charge is 2.21. The molecule has 3 aromatic rings. The van der Waals surface area contributed by atoms with Crippen LogP contribution in [0.25, 0.3) is 11.4 Å². The van der Waals surface area contributed by atoms with E-state index in [9.17, 15) is 4.79 Å². The molecule has 2 heterocycles. The topological polar surface area (TPSA) is 74.3 Å². The summed E-state index contributed by atoms with van der Waals surface area (Å²) in [6.45, 7) is 4.02. The lowest BCUT2D eigenvalue weighted by Crippen LogP contribution is -2.49. The molecule has 0 spiro atoms. The number of aromatic amines is 1. The van der Waals surface area contributed by atoms with E-state index in [2.05, 4.69) is 20.1 Å². The number of nitrogens with one attached hydrogen (secondary N) is 1. The predicted molar refractivity (Wildman–Crippen MR) is 111 cm³/mol. The summed E-state index contributed by atoms with van der Waals surface area (Å²) in [5, 5.41) is 7.40. The fourth-order valence-corrected chi connectivity index (χ4v) is 3.42. The van der Waals surface area contributed by atoms with Crippen molar-refractivity contribution in [1.82, 2.24) is 25.0 Å². The van der Waals surface area contributed by atoms with Gasteiger partial charge in [0.05, 0.1) is 0 Å². The first-order chi connectivity index (χ1) is 14.2. The lowest BCUT2D eigenvalue weighted by Gasteiger charge is -2.34. The fourth-order valence-electron chi connectivity index (χ4n) is 3.29. The number of ether oxygens (including phenoxy) is 1. The van der Waals surface area contributed by atoms with Gasteiger partial charge in [-0.25, -0.2) is 4.98 Å². The molecule has 150 valence electrons. The predicted octanol–water partition coefficient (Wildman–Crippen LogP) is 2.85. The van der Waals surface area contributed by atoms with Gasteiger partial charge in [-0.15, -0.1) is 0 Å². The summed E-state index contributed by atoms with van der Waals surface area (Å²) >= 11 is 5.94. The average molecular weight is 412 g/mol. The van der Waals surface area contributed by atoms with Gasteiger partial charge in [-0.3, -0.25) is 14.8 Å². The van der Waals surface area contributed by atoms with Crippen LogP contribution in [0, 0.1) is 0 Å². The minimum atomic E-state index is 0.00968.